The van der Waals surface area contributed by atoms with Crippen LogP contribution in [0, 0.1) is 5.92 Å². The van der Waals surface area contributed by atoms with Crippen LogP contribution in [-0.2, 0) is 9.59 Å². The first-order chi connectivity index (χ1) is 8.00. The Bertz CT molecular complexity index is 306. The van der Waals surface area contributed by atoms with Crippen molar-refractivity contribution in [2.24, 2.45) is 5.92 Å². The maximum Gasteiger partial charge on any atom is 0.330 e. The number of hydrogen-bond donors (Lipinski definition) is 2. The first-order valence-electron chi connectivity index (χ1n) is 6.23. The van der Waals surface area contributed by atoms with Crippen molar-refractivity contribution in [1.82, 2.24) is 10.2 Å². The molecule has 2 unspecified atom stereocenters. The summed E-state index contributed by atoms with van der Waals surface area (Å²) >= 11 is 0. The van der Waals surface area contributed by atoms with E-state index in [1.807, 2.05) is 13.8 Å². The van der Waals surface area contributed by atoms with Gasteiger partial charge in [0.1, 0.15) is 5.54 Å². The molecular weight excluding hydrogens is 220 g/mol. The van der Waals surface area contributed by atoms with Gasteiger partial charge in [-0.05, 0) is 26.3 Å². The fourth-order valence-corrected chi connectivity index (χ4v) is 2.95. The van der Waals surface area contributed by atoms with Crippen LogP contribution in [0.3, 0.4) is 0 Å². The van der Waals surface area contributed by atoms with Gasteiger partial charge >= 0.3 is 5.97 Å². The number of rotatable bonds is 4. The van der Waals surface area contributed by atoms with E-state index in [0.717, 1.165) is 6.42 Å². The smallest absolute Gasteiger partial charge is 0.330 e. The molecule has 5 heteroatoms. The van der Waals surface area contributed by atoms with Crippen molar-refractivity contribution in [2.75, 3.05) is 19.6 Å². The summed E-state index contributed by atoms with van der Waals surface area (Å²) in [6, 6.07) is 0. The van der Waals surface area contributed by atoms with E-state index in [1.165, 1.54) is 11.8 Å². The topological polar surface area (TPSA) is 69.6 Å². The van der Waals surface area contributed by atoms with E-state index in [9.17, 15) is 14.7 Å². The van der Waals surface area contributed by atoms with Gasteiger partial charge in [0.25, 0.3) is 0 Å². The van der Waals surface area contributed by atoms with Gasteiger partial charge in [0.15, 0.2) is 0 Å². The zero-order valence-corrected chi connectivity index (χ0v) is 10.8. The number of carbonyl (C=O) groups excluding carboxylic acids is 1. The number of carbonyl (C=O) groups is 2. The van der Waals surface area contributed by atoms with Gasteiger partial charge in [-0.1, -0.05) is 6.92 Å². The number of nitrogens with zero attached hydrogens (tertiary/aromatic N) is 1. The molecule has 0 aromatic carbocycles. The third-order valence-corrected chi connectivity index (χ3v) is 3.79. The molecule has 1 rings (SSSR count). The molecule has 98 valence electrons. The number of carboxylic acids is 1. The van der Waals surface area contributed by atoms with Gasteiger partial charge in [-0.25, -0.2) is 4.79 Å². The Kier molecular flexibility index (Phi) is 4.51. The van der Waals surface area contributed by atoms with Gasteiger partial charge in [-0.2, -0.15) is 0 Å². The molecule has 0 spiro atoms. The third-order valence-electron chi connectivity index (χ3n) is 3.79. The van der Waals surface area contributed by atoms with Gasteiger partial charge in [-0.3, -0.25) is 4.79 Å². The standard InChI is InChI=1S/C12H22N2O3/c1-4-10-8-13-7-6-12(10,11(16)17)14(5-2)9(3)15/h10,13H,4-8H2,1-3H3,(H,16,17). The maximum absolute atomic E-state index is 11.7. The van der Waals surface area contributed by atoms with Crippen LogP contribution in [0.25, 0.3) is 0 Å². The Hall–Kier alpha value is -1.10. The zero-order chi connectivity index (χ0) is 13.1. The van der Waals surface area contributed by atoms with Crippen molar-refractivity contribution in [1.29, 1.82) is 0 Å². The molecule has 0 saturated carbocycles. The van der Waals surface area contributed by atoms with Crippen molar-refractivity contribution in [3.8, 4) is 0 Å². The molecule has 2 N–H and O–H groups in total. The SMILES string of the molecule is CCC1CNCCC1(C(=O)O)N(CC)C(C)=O. The largest absolute Gasteiger partial charge is 0.479 e. The summed E-state index contributed by atoms with van der Waals surface area (Å²) in [5, 5.41) is 12.8. The van der Waals surface area contributed by atoms with Crippen molar-refractivity contribution in [2.45, 2.75) is 39.2 Å². The Morgan fingerprint density at radius 2 is 2.12 bits per heavy atom. The average molecular weight is 242 g/mol. The van der Waals surface area contributed by atoms with Crippen LogP contribution in [0.5, 0.6) is 0 Å². The summed E-state index contributed by atoms with van der Waals surface area (Å²) in [4.78, 5) is 24.9. The first-order valence-corrected chi connectivity index (χ1v) is 6.23. The van der Waals surface area contributed by atoms with Gasteiger partial charge < -0.3 is 15.3 Å². The quantitative estimate of drug-likeness (QED) is 0.761. The highest BCUT2D eigenvalue weighted by atomic mass is 16.4. The predicted octanol–water partition coefficient (Wildman–Crippen LogP) is 0.698. The highest BCUT2D eigenvalue weighted by molar-refractivity contribution is 5.86. The molecule has 1 heterocycles. The highest BCUT2D eigenvalue weighted by Crippen LogP contribution is 2.33. The number of nitrogens with one attached hydrogen (secondary N) is 1. The van der Waals surface area contributed by atoms with E-state index in [-0.39, 0.29) is 11.8 Å². The second-order valence-corrected chi connectivity index (χ2v) is 4.55. The summed E-state index contributed by atoms with van der Waals surface area (Å²) in [6.45, 7) is 7.00. The molecule has 0 aromatic rings. The minimum absolute atomic E-state index is 0.0300. The van der Waals surface area contributed by atoms with Crippen LogP contribution in [-0.4, -0.2) is 47.1 Å². The number of carboxylic acid groups (broad SMARTS) is 1. The van der Waals surface area contributed by atoms with Crippen LogP contribution >= 0.6 is 0 Å². The number of hydrogen-bond acceptors (Lipinski definition) is 3. The molecule has 2 atom stereocenters. The minimum atomic E-state index is -1.03. The molecule has 0 aliphatic carbocycles. The molecule has 0 aromatic heterocycles. The first kappa shape index (κ1) is 14.0. The van der Waals surface area contributed by atoms with Crippen LogP contribution in [0.15, 0.2) is 0 Å². The maximum atomic E-state index is 11.7. The lowest BCUT2D eigenvalue weighted by molar-refractivity contribution is -0.165. The number of piperidine rings is 1. The molecule has 0 radical (unpaired) electrons. The van der Waals surface area contributed by atoms with E-state index >= 15 is 0 Å². The third kappa shape index (κ3) is 2.29. The average Bonchev–Trinajstić information content (AvgIpc) is 2.29. The van der Waals surface area contributed by atoms with Crippen LogP contribution in [0.1, 0.15) is 33.6 Å². The number of likely N-dealkylation sites (N-methyl/N-ethyl adjacent to an activating group) is 1. The molecule has 5 nitrogen and oxygen atoms in total. The minimum Gasteiger partial charge on any atom is -0.479 e. The van der Waals surface area contributed by atoms with E-state index in [0.29, 0.717) is 26.1 Å². The Balaban J connectivity index is 3.17. The number of amides is 1. The fourth-order valence-electron chi connectivity index (χ4n) is 2.95. The molecule has 1 aliphatic heterocycles. The van der Waals surface area contributed by atoms with Crippen molar-refractivity contribution >= 4 is 11.9 Å². The van der Waals surface area contributed by atoms with E-state index in [1.54, 1.807) is 0 Å². The molecular formula is C12H22N2O3. The summed E-state index contributed by atoms with van der Waals surface area (Å²) in [5.74, 6) is -1.06. The Morgan fingerprint density at radius 1 is 1.47 bits per heavy atom. The summed E-state index contributed by atoms with van der Waals surface area (Å²) in [6.07, 6.45) is 1.23. The second-order valence-electron chi connectivity index (χ2n) is 4.55. The summed E-state index contributed by atoms with van der Waals surface area (Å²) in [7, 11) is 0. The predicted molar refractivity (Wildman–Crippen MR) is 64.7 cm³/mol. The van der Waals surface area contributed by atoms with Crippen molar-refractivity contribution in [3.63, 3.8) is 0 Å². The van der Waals surface area contributed by atoms with Gasteiger partial charge in [0, 0.05) is 25.9 Å². The van der Waals surface area contributed by atoms with Gasteiger partial charge in [0.05, 0.1) is 0 Å². The van der Waals surface area contributed by atoms with E-state index in [2.05, 4.69) is 5.32 Å². The van der Waals surface area contributed by atoms with Gasteiger partial charge in [0.2, 0.25) is 5.91 Å². The monoisotopic (exact) mass is 242 g/mol. The van der Waals surface area contributed by atoms with E-state index < -0.39 is 11.5 Å². The molecule has 17 heavy (non-hydrogen) atoms. The lowest BCUT2D eigenvalue weighted by atomic mass is 9.75. The summed E-state index contributed by atoms with van der Waals surface area (Å²) in [5.41, 5.74) is -1.03. The molecule has 1 aliphatic rings. The lowest BCUT2D eigenvalue weighted by Crippen LogP contribution is -2.66. The van der Waals surface area contributed by atoms with Crippen molar-refractivity contribution < 1.29 is 14.7 Å². The summed E-state index contributed by atoms with van der Waals surface area (Å²) < 4.78 is 0. The molecule has 0 bridgehead atoms. The van der Waals surface area contributed by atoms with Gasteiger partial charge in [-0.15, -0.1) is 0 Å². The zero-order valence-electron chi connectivity index (χ0n) is 10.8. The fraction of sp³-hybridized carbons (Fsp3) is 0.833. The van der Waals surface area contributed by atoms with Crippen LogP contribution in [0.4, 0.5) is 0 Å². The van der Waals surface area contributed by atoms with Crippen LogP contribution in [0.2, 0.25) is 0 Å². The van der Waals surface area contributed by atoms with E-state index in [4.69, 9.17) is 0 Å². The second kappa shape index (κ2) is 5.49. The van der Waals surface area contributed by atoms with Crippen molar-refractivity contribution in [3.05, 3.63) is 0 Å². The molecule has 1 amide bonds. The Labute approximate surface area is 102 Å². The Morgan fingerprint density at radius 3 is 2.53 bits per heavy atom. The number of aliphatic carboxylic acids is 1. The normalized spacial score (nSPS) is 28.8. The molecule has 1 fully saturated rings. The highest BCUT2D eigenvalue weighted by Gasteiger charge is 2.51. The lowest BCUT2D eigenvalue weighted by Gasteiger charge is -2.47. The van der Waals surface area contributed by atoms with Crippen LogP contribution < -0.4 is 5.32 Å². The molecule has 1 saturated heterocycles.